The minimum Gasteiger partial charge on any atom is -0.383 e. The van der Waals surface area contributed by atoms with Gasteiger partial charge in [-0.1, -0.05) is 0 Å². The quantitative estimate of drug-likeness (QED) is 0.666. The number of pyridine rings is 2. The Morgan fingerprint density at radius 3 is 2.59 bits per heavy atom. The Morgan fingerprint density at radius 1 is 1.07 bits per heavy atom. The monoisotopic (exact) mass is 393 g/mol. The molecule has 0 aromatic carbocycles. The molecule has 152 valence electrons. The van der Waals surface area contributed by atoms with Crippen molar-refractivity contribution in [2.24, 2.45) is 0 Å². The largest absolute Gasteiger partial charge is 0.383 e. The first-order valence-electron chi connectivity index (χ1n) is 9.99. The van der Waals surface area contributed by atoms with Gasteiger partial charge in [0, 0.05) is 70.5 Å². The zero-order valence-electron chi connectivity index (χ0n) is 16.8. The van der Waals surface area contributed by atoms with Gasteiger partial charge in [0.25, 0.3) is 5.91 Å². The summed E-state index contributed by atoms with van der Waals surface area (Å²) in [5, 5.41) is 2.98. The summed E-state index contributed by atoms with van der Waals surface area (Å²) in [4.78, 5) is 21.5. The molecule has 3 aromatic rings. The molecule has 0 atom stereocenters. The molecule has 3 aromatic heterocycles. The fraction of sp³-hybridized carbons (Fsp3) is 0.364. The zero-order valence-corrected chi connectivity index (χ0v) is 16.8. The van der Waals surface area contributed by atoms with E-state index in [0.717, 1.165) is 56.2 Å². The molecule has 0 spiro atoms. The summed E-state index contributed by atoms with van der Waals surface area (Å²) < 4.78 is 7.30. The van der Waals surface area contributed by atoms with Gasteiger partial charge in [-0.3, -0.25) is 14.7 Å². The van der Waals surface area contributed by atoms with E-state index in [4.69, 9.17) is 4.74 Å². The first-order chi connectivity index (χ1) is 14.2. The zero-order chi connectivity index (χ0) is 20.1. The number of anilines is 1. The number of rotatable bonds is 7. The van der Waals surface area contributed by atoms with Gasteiger partial charge in [-0.15, -0.1) is 0 Å². The molecule has 7 heteroatoms. The molecule has 1 aliphatic heterocycles. The lowest BCUT2D eigenvalue weighted by molar-refractivity contribution is 0.0950. The van der Waals surface area contributed by atoms with Gasteiger partial charge in [0.15, 0.2) is 0 Å². The third kappa shape index (κ3) is 4.58. The number of fused-ring (bicyclic) bond motifs is 1. The summed E-state index contributed by atoms with van der Waals surface area (Å²) in [6, 6.07) is 11.9. The van der Waals surface area contributed by atoms with E-state index in [-0.39, 0.29) is 5.91 Å². The van der Waals surface area contributed by atoms with Crippen LogP contribution in [0.1, 0.15) is 15.9 Å². The summed E-state index contributed by atoms with van der Waals surface area (Å²) in [6.07, 6.45) is 5.40. The fourth-order valence-electron chi connectivity index (χ4n) is 3.68. The number of nitrogens with zero attached hydrogens (tertiary/aromatic N) is 4. The Morgan fingerprint density at radius 2 is 1.83 bits per heavy atom. The molecular weight excluding hydrogens is 366 g/mol. The van der Waals surface area contributed by atoms with Gasteiger partial charge < -0.3 is 19.4 Å². The highest BCUT2D eigenvalue weighted by atomic mass is 16.5. The maximum absolute atomic E-state index is 12.6. The van der Waals surface area contributed by atoms with Crippen LogP contribution in [0.5, 0.6) is 0 Å². The molecule has 4 rings (SSSR count). The standard InChI is InChI=1S/C22H27N5O2/c1-29-15-14-25-10-12-26(13-11-25)21-5-4-20-3-2-19(17-27(20)21)22(28)24-16-18-6-8-23-9-7-18/h2-9,17H,10-16H2,1H3,(H,24,28). The van der Waals surface area contributed by atoms with Crippen molar-refractivity contribution in [1.82, 2.24) is 19.6 Å². The first-order valence-corrected chi connectivity index (χ1v) is 9.99. The van der Waals surface area contributed by atoms with Crippen molar-refractivity contribution >= 4 is 17.2 Å². The second-order valence-electron chi connectivity index (χ2n) is 7.26. The molecule has 7 nitrogen and oxygen atoms in total. The smallest absolute Gasteiger partial charge is 0.253 e. The van der Waals surface area contributed by atoms with Crippen LogP contribution in [0.15, 0.2) is 55.0 Å². The van der Waals surface area contributed by atoms with Crippen LogP contribution in [-0.2, 0) is 11.3 Å². The predicted molar refractivity (Wildman–Crippen MR) is 113 cm³/mol. The van der Waals surface area contributed by atoms with Gasteiger partial charge in [0.1, 0.15) is 5.82 Å². The summed E-state index contributed by atoms with van der Waals surface area (Å²) in [5.41, 5.74) is 2.78. The molecule has 1 N–H and O–H groups in total. The molecule has 0 radical (unpaired) electrons. The van der Waals surface area contributed by atoms with Crippen molar-refractivity contribution < 1.29 is 9.53 Å². The number of carbonyl (C=O) groups is 1. The van der Waals surface area contributed by atoms with Crippen LogP contribution < -0.4 is 10.2 Å². The number of piperazine rings is 1. The number of ether oxygens (including phenoxy) is 1. The van der Waals surface area contributed by atoms with Gasteiger partial charge in [-0.2, -0.15) is 0 Å². The number of aromatic nitrogens is 2. The number of methoxy groups -OCH3 is 1. The van der Waals surface area contributed by atoms with E-state index in [2.05, 4.69) is 36.6 Å². The number of carbonyl (C=O) groups excluding carboxylic acids is 1. The van der Waals surface area contributed by atoms with E-state index in [0.29, 0.717) is 12.1 Å². The van der Waals surface area contributed by atoms with Crippen LogP contribution in [0.2, 0.25) is 0 Å². The van der Waals surface area contributed by atoms with Crippen molar-refractivity contribution in [1.29, 1.82) is 0 Å². The van der Waals surface area contributed by atoms with Crippen molar-refractivity contribution in [2.75, 3.05) is 51.3 Å². The molecular formula is C22H27N5O2. The maximum atomic E-state index is 12.6. The van der Waals surface area contributed by atoms with Crippen molar-refractivity contribution in [2.45, 2.75) is 6.54 Å². The second-order valence-corrected chi connectivity index (χ2v) is 7.26. The Labute approximate surface area is 170 Å². The lowest BCUT2D eigenvalue weighted by Gasteiger charge is -2.35. The predicted octanol–water partition coefficient (Wildman–Crippen LogP) is 2.03. The highest BCUT2D eigenvalue weighted by molar-refractivity contribution is 5.94. The van der Waals surface area contributed by atoms with Crippen LogP contribution in [0, 0.1) is 0 Å². The lowest BCUT2D eigenvalue weighted by atomic mass is 10.2. The Balaban J connectivity index is 1.44. The number of hydrogen-bond donors (Lipinski definition) is 1. The van der Waals surface area contributed by atoms with Crippen LogP contribution in [0.4, 0.5) is 5.82 Å². The van der Waals surface area contributed by atoms with Crippen LogP contribution >= 0.6 is 0 Å². The number of nitrogens with one attached hydrogen (secondary N) is 1. The topological polar surface area (TPSA) is 62.1 Å². The molecule has 0 saturated carbocycles. The minimum atomic E-state index is -0.0762. The highest BCUT2D eigenvalue weighted by Crippen LogP contribution is 2.22. The second kappa shape index (κ2) is 9.07. The van der Waals surface area contributed by atoms with Crippen molar-refractivity contribution in [3.8, 4) is 0 Å². The summed E-state index contributed by atoms with van der Waals surface area (Å²) >= 11 is 0. The Hall–Kier alpha value is -2.90. The van der Waals surface area contributed by atoms with Gasteiger partial charge in [0.05, 0.1) is 12.2 Å². The number of hydrogen-bond acceptors (Lipinski definition) is 5. The van der Waals surface area contributed by atoms with Gasteiger partial charge in [0.2, 0.25) is 0 Å². The van der Waals surface area contributed by atoms with Gasteiger partial charge in [-0.05, 0) is 42.0 Å². The first kappa shape index (κ1) is 19.4. The number of amides is 1. The average Bonchev–Trinajstić information content (AvgIpc) is 3.20. The fourth-order valence-corrected chi connectivity index (χ4v) is 3.68. The lowest BCUT2D eigenvalue weighted by Crippen LogP contribution is -2.47. The molecule has 0 unspecified atom stereocenters. The van der Waals surface area contributed by atoms with Crippen LogP contribution in [0.3, 0.4) is 0 Å². The Bertz CT molecular complexity index is 948. The van der Waals surface area contributed by atoms with Crippen LogP contribution in [0.25, 0.3) is 5.52 Å². The van der Waals surface area contributed by atoms with Gasteiger partial charge >= 0.3 is 0 Å². The molecule has 0 bridgehead atoms. The molecule has 4 heterocycles. The van der Waals surface area contributed by atoms with E-state index in [1.54, 1.807) is 19.5 Å². The summed E-state index contributed by atoms with van der Waals surface area (Å²) in [7, 11) is 1.74. The maximum Gasteiger partial charge on any atom is 0.253 e. The summed E-state index contributed by atoms with van der Waals surface area (Å²) in [5.74, 6) is 1.06. The summed E-state index contributed by atoms with van der Waals surface area (Å²) in [6.45, 7) is 6.20. The molecule has 1 aliphatic rings. The normalized spacial score (nSPS) is 15.0. The third-order valence-corrected chi connectivity index (χ3v) is 5.40. The molecule has 0 aliphatic carbocycles. The van der Waals surface area contributed by atoms with E-state index in [9.17, 15) is 4.79 Å². The SMILES string of the molecule is COCCN1CCN(c2ccc3ccc(C(=O)NCc4ccncc4)cn23)CC1. The minimum absolute atomic E-state index is 0.0762. The Kier molecular flexibility index (Phi) is 6.07. The van der Waals surface area contributed by atoms with Gasteiger partial charge in [-0.25, -0.2) is 0 Å². The van der Waals surface area contributed by atoms with E-state index in [1.807, 2.05) is 30.5 Å². The highest BCUT2D eigenvalue weighted by Gasteiger charge is 2.19. The average molecular weight is 393 g/mol. The third-order valence-electron chi connectivity index (χ3n) is 5.40. The van der Waals surface area contributed by atoms with Crippen molar-refractivity contribution in [3.63, 3.8) is 0 Å². The molecule has 29 heavy (non-hydrogen) atoms. The molecule has 1 amide bonds. The van der Waals surface area contributed by atoms with E-state index >= 15 is 0 Å². The molecule has 1 fully saturated rings. The van der Waals surface area contributed by atoms with E-state index < -0.39 is 0 Å². The van der Waals surface area contributed by atoms with Crippen molar-refractivity contribution in [3.05, 3.63) is 66.1 Å². The molecule has 1 saturated heterocycles. The van der Waals surface area contributed by atoms with Crippen LogP contribution in [-0.4, -0.2) is 66.6 Å². The van der Waals surface area contributed by atoms with E-state index in [1.165, 1.54) is 0 Å².